The smallest absolute Gasteiger partial charge is 0.261 e. The second-order valence-electron chi connectivity index (χ2n) is 4.85. The normalized spacial score (nSPS) is 11.0. The lowest BCUT2D eigenvalue weighted by Gasteiger charge is -2.03. The average Bonchev–Trinajstić information content (AvgIpc) is 2.68. The Kier molecular flexibility index (Phi) is 4.90. The van der Waals surface area contributed by atoms with Crippen LogP contribution in [0.5, 0.6) is 0 Å². The number of benzene rings is 1. The van der Waals surface area contributed by atoms with Gasteiger partial charge in [0.1, 0.15) is 6.54 Å². The van der Waals surface area contributed by atoms with E-state index in [0.717, 1.165) is 21.4 Å². The highest BCUT2D eigenvalue weighted by molar-refractivity contribution is 9.10. The molecule has 0 radical (unpaired) electrons. The second-order valence-corrected chi connectivity index (χ2v) is 5.64. The van der Waals surface area contributed by atoms with E-state index in [0.29, 0.717) is 0 Å². The summed E-state index contributed by atoms with van der Waals surface area (Å²) in [6.45, 7) is 5.96. The summed E-state index contributed by atoms with van der Waals surface area (Å²) in [6, 6.07) is 7.89. The van der Waals surface area contributed by atoms with Crippen molar-refractivity contribution in [3.05, 3.63) is 51.3 Å². The molecule has 0 unspecified atom stereocenters. The van der Waals surface area contributed by atoms with E-state index < -0.39 is 0 Å². The quantitative estimate of drug-likeness (QED) is 0.682. The molecule has 2 aromatic rings. The molecule has 2 rings (SSSR count). The van der Waals surface area contributed by atoms with Crippen molar-refractivity contribution >= 4 is 28.1 Å². The first-order valence-corrected chi connectivity index (χ1v) is 7.34. The molecular weight excluding hydrogens is 332 g/mol. The minimum atomic E-state index is -0.212. The third kappa shape index (κ3) is 4.01. The van der Waals surface area contributed by atoms with Gasteiger partial charge >= 0.3 is 0 Å². The Morgan fingerprint density at radius 1 is 1.33 bits per heavy atom. The number of aryl methyl sites for hydroxylation is 2. The number of amides is 1. The van der Waals surface area contributed by atoms with Crippen LogP contribution in [0.4, 0.5) is 0 Å². The van der Waals surface area contributed by atoms with E-state index in [2.05, 4.69) is 31.6 Å². The summed E-state index contributed by atoms with van der Waals surface area (Å²) >= 11 is 3.43. The number of hydrogen-bond donors (Lipinski definition) is 1. The fraction of sp³-hybridized carbons (Fsp3) is 0.267. The highest BCUT2D eigenvalue weighted by atomic mass is 79.9. The number of nitrogens with zero attached hydrogens (tertiary/aromatic N) is 3. The molecule has 5 nitrogen and oxygen atoms in total. The van der Waals surface area contributed by atoms with Crippen molar-refractivity contribution in [2.24, 2.45) is 5.10 Å². The zero-order valence-corrected chi connectivity index (χ0v) is 13.8. The maximum absolute atomic E-state index is 11.8. The van der Waals surface area contributed by atoms with E-state index in [1.165, 1.54) is 5.56 Å². The van der Waals surface area contributed by atoms with Gasteiger partial charge in [0.2, 0.25) is 0 Å². The van der Waals surface area contributed by atoms with Crippen LogP contribution < -0.4 is 5.43 Å². The Balaban J connectivity index is 1.93. The summed E-state index contributed by atoms with van der Waals surface area (Å²) in [5, 5.41) is 8.23. The van der Waals surface area contributed by atoms with E-state index in [1.807, 2.05) is 45.0 Å². The van der Waals surface area contributed by atoms with E-state index in [4.69, 9.17) is 0 Å². The zero-order chi connectivity index (χ0) is 15.4. The highest BCUT2D eigenvalue weighted by Gasteiger charge is 2.11. The predicted octanol–water partition coefficient (Wildman–Crippen LogP) is 2.72. The number of halogens is 1. The summed E-state index contributed by atoms with van der Waals surface area (Å²) in [6.07, 6.45) is 1.62. The van der Waals surface area contributed by atoms with Gasteiger partial charge in [-0.1, -0.05) is 29.8 Å². The molecule has 1 amide bonds. The van der Waals surface area contributed by atoms with Gasteiger partial charge in [0, 0.05) is 0 Å². The Bertz CT molecular complexity index is 674. The SMILES string of the molecule is Cc1ccc(/C=N/NC(=O)Cn2nc(C)c(Br)c2C)cc1. The van der Waals surface area contributed by atoms with Gasteiger partial charge < -0.3 is 0 Å². The topological polar surface area (TPSA) is 59.3 Å². The van der Waals surface area contributed by atoms with Gasteiger partial charge in [0.05, 0.1) is 22.1 Å². The molecule has 1 aromatic carbocycles. The first kappa shape index (κ1) is 15.4. The molecule has 0 bridgehead atoms. The van der Waals surface area contributed by atoms with Gasteiger partial charge in [-0.25, -0.2) is 5.43 Å². The Hall–Kier alpha value is -1.95. The lowest BCUT2D eigenvalue weighted by molar-refractivity contribution is -0.121. The van der Waals surface area contributed by atoms with Crippen LogP contribution in [0.15, 0.2) is 33.8 Å². The molecule has 0 saturated carbocycles. The van der Waals surface area contributed by atoms with Crippen LogP contribution in [-0.4, -0.2) is 21.9 Å². The third-order valence-electron chi connectivity index (χ3n) is 3.07. The highest BCUT2D eigenvalue weighted by Crippen LogP contribution is 2.19. The maximum Gasteiger partial charge on any atom is 0.261 e. The summed E-state index contributed by atoms with van der Waals surface area (Å²) in [4.78, 5) is 11.8. The Morgan fingerprint density at radius 3 is 2.57 bits per heavy atom. The van der Waals surface area contributed by atoms with Crippen LogP contribution in [0.1, 0.15) is 22.5 Å². The third-order valence-corrected chi connectivity index (χ3v) is 4.21. The van der Waals surface area contributed by atoms with Crippen LogP contribution in [0, 0.1) is 20.8 Å². The van der Waals surface area contributed by atoms with Crippen molar-refractivity contribution in [2.75, 3.05) is 0 Å². The summed E-state index contributed by atoms with van der Waals surface area (Å²) in [5.74, 6) is -0.212. The van der Waals surface area contributed by atoms with Crippen molar-refractivity contribution in [1.82, 2.24) is 15.2 Å². The predicted molar refractivity (Wildman–Crippen MR) is 86.3 cm³/mol. The summed E-state index contributed by atoms with van der Waals surface area (Å²) in [5.41, 5.74) is 6.42. The first-order chi connectivity index (χ1) is 9.97. The van der Waals surface area contributed by atoms with Crippen LogP contribution in [0.3, 0.4) is 0 Å². The average molecular weight is 349 g/mol. The van der Waals surface area contributed by atoms with Crippen LogP contribution >= 0.6 is 15.9 Å². The molecule has 0 saturated heterocycles. The van der Waals surface area contributed by atoms with Gasteiger partial charge in [-0.2, -0.15) is 10.2 Å². The summed E-state index contributed by atoms with van der Waals surface area (Å²) < 4.78 is 2.58. The van der Waals surface area contributed by atoms with Gasteiger partial charge in [-0.05, 0) is 42.3 Å². The van der Waals surface area contributed by atoms with Gasteiger partial charge in [-0.15, -0.1) is 0 Å². The zero-order valence-electron chi connectivity index (χ0n) is 12.2. The number of nitrogens with one attached hydrogen (secondary N) is 1. The molecule has 0 aliphatic heterocycles. The fourth-order valence-electron chi connectivity index (χ4n) is 1.83. The van der Waals surface area contributed by atoms with Crippen molar-refractivity contribution in [2.45, 2.75) is 27.3 Å². The summed E-state index contributed by atoms with van der Waals surface area (Å²) in [7, 11) is 0. The first-order valence-electron chi connectivity index (χ1n) is 6.55. The molecule has 6 heteroatoms. The molecule has 0 fully saturated rings. The number of carbonyl (C=O) groups is 1. The minimum absolute atomic E-state index is 0.142. The molecule has 1 heterocycles. The fourth-order valence-corrected chi connectivity index (χ4v) is 2.12. The second kappa shape index (κ2) is 6.67. The monoisotopic (exact) mass is 348 g/mol. The molecule has 0 aliphatic carbocycles. The van der Waals surface area contributed by atoms with Crippen LogP contribution in [-0.2, 0) is 11.3 Å². The Labute approximate surface area is 132 Å². The molecule has 1 aromatic heterocycles. The van der Waals surface area contributed by atoms with Crippen molar-refractivity contribution < 1.29 is 4.79 Å². The van der Waals surface area contributed by atoms with Gasteiger partial charge in [0.25, 0.3) is 5.91 Å². The van der Waals surface area contributed by atoms with Crippen molar-refractivity contribution in [3.8, 4) is 0 Å². The van der Waals surface area contributed by atoms with Gasteiger partial charge in [0.15, 0.2) is 0 Å². The molecule has 0 atom stereocenters. The van der Waals surface area contributed by atoms with Crippen LogP contribution in [0.25, 0.3) is 0 Å². The lowest BCUT2D eigenvalue weighted by Crippen LogP contribution is -2.24. The number of aromatic nitrogens is 2. The largest absolute Gasteiger partial charge is 0.271 e. The minimum Gasteiger partial charge on any atom is -0.271 e. The van der Waals surface area contributed by atoms with Crippen molar-refractivity contribution in [3.63, 3.8) is 0 Å². The molecule has 1 N–H and O–H groups in total. The standard InChI is InChI=1S/C15H17BrN4O/c1-10-4-6-13(7-5-10)8-17-18-14(21)9-20-12(3)15(16)11(2)19-20/h4-8H,9H2,1-3H3,(H,18,21)/b17-8+. The maximum atomic E-state index is 11.8. The van der Waals surface area contributed by atoms with E-state index in [1.54, 1.807) is 10.9 Å². The molecule has 21 heavy (non-hydrogen) atoms. The van der Waals surface area contributed by atoms with E-state index >= 15 is 0 Å². The molecule has 110 valence electrons. The molecule has 0 aliphatic rings. The van der Waals surface area contributed by atoms with Gasteiger partial charge in [-0.3, -0.25) is 9.48 Å². The van der Waals surface area contributed by atoms with Crippen molar-refractivity contribution in [1.29, 1.82) is 0 Å². The number of rotatable bonds is 4. The lowest BCUT2D eigenvalue weighted by atomic mass is 10.2. The van der Waals surface area contributed by atoms with Crippen LogP contribution in [0.2, 0.25) is 0 Å². The molecule has 0 spiro atoms. The molecular formula is C15H17BrN4O. The number of hydrogen-bond acceptors (Lipinski definition) is 3. The van der Waals surface area contributed by atoms with E-state index in [9.17, 15) is 4.79 Å². The number of hydrazone groups is 1. The number of carbonyl (C=O) groups excluding carboxylic acids is 1. The Morgan fingerprint density at radius 2 is 2.00 bits per heavy atom. The van der Waals surface area contributed by atoms with E-state index in [-0.39, 0.29) is 12.5 Å².